The van der Waals surface area contributed by atoms with E-state index in [1.807, 2.05) is 60.7 Å². The summed E-state index contributed by atoms with van der Waals surface area (Å²) in [4.78, 5) is 24.9. The number of aliphatic hydroxyl groups is 3. The first-order chi connectivity index (χ1) is 24.3. The Hall–Kier alpha value is -1.32. The Balaban J connectivity index is 1.22. The Labute approximate surface area is 353 Å². The maximum Gasteiger partial charge on any atom is 0.307 e. The predicted octanol–water partition coefficient (Wildman–Crippen LogP) is 8.83. The zero-order chi connectivity index (χ0) is 37.1. The van der Waals surface area contributed by atoms with E-state index >= 15 is 0 Å². The molecular weight excluding hydrogens is 1100 g/mol. The van der Waals surface area contributed by atoms with E-state index in [9.17, 15) is 35.1 Å². The van der Waals surface area contributed by atoms with Crippen LogP contribution in [0.1, 0.15) is 56.1 Å². The van der Waals surface area contributed by atoms with E-state index in [4.69, 9.17) is 4.74 Å². The number of hydrogen-bond donors (Lipinski definition) is 5. The molecule has 1 fully saturated rings. The second-order valence-electron chi connectivity index (χ2n) is 12.9. The number of unbranched alkanes of at least 4 members (excludes halogenated alkanes) is 1. The van der Waals surface area contributed by atoms with Crippen molar-refractivity contribution in [2.24, 2.45) is 17.8 Å². The van der Waals surface area contributed by atoms with E-state index in [2.05, 4.69) is 90.4 Å². The number of carboxylic acids is 1. The molecule has 1 aliphatic rings. The maximum atomic E-state index is 12.8. The van der Waals surface area contributed by atoms with Crippen molar-refractivity contribution in [3.05, 3.63) is 104 Å². The predicted molar refractivity (Wildman–Crippen MR) is 231 cm³/mol. The largest absolute Gasteiger partial charge is 0.506 e. The molecule has 0 aromatic heterocycles. The molecule has 0 bridgehead atoms. The quantitative estimate of drug-likeness (QED) is 0.0483. The minimum atomic E-state index is -1.01. The second kappa shape index (κ2) is 21.0. The Morgan fingerprint density at radius 3 is 2.22 bits per heavy atom. The van der Waals surface area contributed by atoms with Crippen molar-refractivity contribution < 1.29 is 39.9 Å². The van der Waals surface area contributed by atoms with Gasteiger partial charge in [0.2, 0.25) is 0 Å². The number of carbonyl (C=O) groups excluding carboxylic acids is 1. The number of aliphatic carboxylic acids is 1. The average Bonchev–Trinajstić information content (AvgIpc) is 3.35. The molecule has 1 aliphatic carbocycles. The van der Waals surface area contributed by atoms with Gasteiger partial charge < -0.3 is 30.3 Å². The lowest BCUT2D eigenvalue weighted by Crippen LogP contribution is -2.20. The van der Waals surface area contributed by atoms with Gasteiger partial charge in [-0.1, -0.05) is 54.6 Å². The van der Waals surface area contributed by atoms with E-state index in [0.29, 0.717) is 50.7 Å². The lowest BCUT2D eigenvalue weighted by Gasteiger charge is -2.19. The molecule has 5 N–H and O–H groups in total. The van der Waals surface area contributed by atoms with Gasteiger partial charge in [0.1, 0.15) is 17.3 Å². The van der Waals surface area contributed by atoms with Crippen LogP contribution in [0.4, 0.5) is 0 Å². The molecule has 1 saturated carbocycles. The van der Waals surface area contributed by atoms with Crippen LogP contribution in [0.3, 0.4) is 0 Å². The molecule has 12 heteroatoms. The van der Waals surface area contributed by atoms with Gasteiger partial charge in [-0.3, -0.25) is 9.59 Å². The van der Waals surface area contributed by atoms with Crippen LogP contribution in [-0.4, -0.2) is 55.6 Å². The van der Waals surface area contributed by atoms with Crippen LogP contribution in [0, 0.1) is 32.0 Å². The molecule has 0 saturated heterocycles. The number of aliphatic hydroxyl groups excluding tert-OH is 3. The van der Waals surface area contributed by atoms with Crippen LogP contribution < -0.4 is 4.74 Å². The molecule has 0 heterocycles. The number of carboxylic acid groups (broad SMARTS) is 1. The van der Waals surface area contributed by atoms with Gasteiger partial charge in [-0.2, -0.15) is 0 Å². The van der Waals surface area contributed by atoms with Gasteiger partial charge in [-0.15, -0.1) is 0 Å². The molecule has 0 radical (unpaired) electrons. The van der Waals surface area contributed by atoms with Crippen molar-refractivity contribution in [1.82, 2.24) is 0 Å². The summed E-state index contributed by atoms with van der Waals surface area (Å²) in [5, 5.41) is 51.6. The molecule has 4 rings (SSSR count). The van der Waals surface area contributed by atoms with E-state index in [0.717, 1.165) is 24.7 Å². The normalized spacial score (nSPS) is 20.2. The molecule has 3 aromatic carbocycles. The first-order valence-electron chi connectivity index (χ1n) is 16.8. The molecule has 8 nitrogen and oxygen atoms in total. The van der Waals surface area contributed by atoms with Gasteiger partial charge in [0.05, 0.1) is 38.5 Å². The number of Topliss-reactive ketones (excluding diaryl/α,β-unsaturated/α-hetero) is 1. The first-order valence-corrected chi connectivity index (χ1v) is 21.1. The minimum Gasteiger partial charge on any atom is -0.506 e. The fourth-order valence-corrected chi connectivity index (χ4v) is 10.1. The molecule has 274 valence electrons. The third-order valence-electron chi connectivity index (χ3n) is 9.02. The lowest BCUT2D eigenvalue weighted by molar-refractivity contribution is -0.143. The smallest absolute Gasteiger partial charge is 0.307 e. The zero-order valence-corrected chi connectivity index (χ0v) is 36.4. The van der Waals surface area contributed by atoms with Crippen molar-refractivity contribution in [3.63, 3.8) is 0 Å². The number of ketones is 1. The summed E-state index contributed by atoms with van der Waals surface area (Å²) in [7, 11) is 0. The highest BCUT2D eigenvalue weighted by Crippen LogP contribution is 2.38. The summed E-state index contributed by atoms with van der Waals surface area (Å²) in [5.41, 5.74) is 1.96. The molecule has 51 heavy (non-hydrogen) atoms. The van der Waals surface area contributed by atoms with Gasteiger partial charge in [0.15, 0.2) is 5.75 Å². The van der Waals surface area contributed by atoms with Crippen LogP contribution in [0.5, 0.6) is 17.2 Å². The molecule has 3 aromatic rings. The van der Waals surface area contributed by atoms with Crippen molar-refractivity contribution in [2.45, 2.75) is 76.1 Å². The minimum absolute atomic E-state index is 0.0494. The van der Waals surface area contributed by atoms with Gasteiger partial charge in [0, 0.05) is 25.2 Å². The fraction of sp³-hybridized carbons (Fsp3) is 0.385. The summed E-state index contributed by atoms with van der Waals surface area (Å²) in [6.45, 7) is 0. The molecule has 1 unspecified atom stereocenters. The first kappa shape index (κ1) is 42.4. The Bertz CT molecular complexity index is 1650. The van der Waals surface area contributed by atoms with Crippen molar-refractivity contribution >= 4 is 102 Å². The highest BCUT2D eigenvalue weighted by Gasteiger charge is 2.39. The standard InChI is InChI=1S/C39H42I4O8/c40-31-20-28(21-32(41)37(31)48)51-38-33(42)17-24(18-34(38)43)16-25(39(49)50)19-27(45)10-6-1-2-7-11-29-30(36(47)22-35(29)46)15-14-26(44)13-12-23-8-4-3-5-9-23/h2-5,7-9,14-15,17-18,20-21,25-26,29-30,35-36,44,46-48H,1,6,10-13,16,19,22H2,(H,49,50)/b7-2-,15-14+/t25?,26-,29+,30+,35-,36+/m0/s1. The number of phenolic OH excluding ortho intramolecular Hbond substituents is 1. The van der Waals surface area contributed by atoms with Crippen LogP contribution >= 0.6 is 90.4 Å². The van der Waals surface area contributed by atoms with Gasteiger partial charge >= 0.3 is 5.97 Å². The van der Waals surface area contributed by atoms with E-state index in [-0.39, 0.29) is 42.6 Å². The summed E-state index contributed by atoms with van der Waals surface area (Å²) in [6, 6.07) is 17.2. The van der Waals surface area contributed by atoms with E-state index < -0.39 is 30.2 Å². The second-order valence-corrected chi connectivity index (χ2v) is 17.5. The van der Waals surface area contributed by atoms with E-state index in [1.165, 1.54) is 0 Å². The van der Waals surface area contributed by atoms with E-state index in [1.54, 1.807) is 18.2 Å². The number of carbonyl (C=O) groups is 2. The van der Waals surface area contributed by atoms with Crippen LogP contribution in [-0.2, 0) is 22.4 Å². The number of halogens is 4. The third-order valence-corrected chi connectivity index (χ3v) is 12.3. The van der Waals surface area contributed by atoms with Crippen LogP contribution in [0.2, 0.25) is 0 Å². The number of aromatic hydroxyl groups is 1. The number of aryl methyl sites for hydroxylation is 1. The number of allylic oxidation sites excluding steroid dienone is 2. The topological polar surface area (TPSA) is 145 Å². The molecule has 0 spiro atoms. The van der Waals surface area contributed by atoms with Gasteiger partial charge in [-0.05, 0) is 170 Å². The van der Waals surface area contributed by atoms with Crippen LogP contribution in [0.25, 0.3) is 0 Å². The van der Waals surface area contributed by atoms with Crippen LogP contribution in [0.15, 0.2) is 78.9 Å². The summed E-state index contributed by atoms with van der Waals surface area (Å²) < 4.78 is 9.12. The number of hydrogen-bond acceptors (Lipinski definition) is 7. The monoisotopic (exact) mass is 1150 g/mol. The Kier molecular flexibility index (Phi) is 17.4. The van der Waals surface area contributed by atoms with Gasteiger partial charge in [0.25, 0.3) is 0 Å². The summed E-state index contributed by atoms with van der Waals surface area (Å²) >= 11 is 8.43. The Morgan fingerprint density at radius 2 is 1.57 bits per heavy atom. The SMILES string of the molecule is O=C(CCC/C=C\C[C@@H]1[C@@H](/C=C/[C@@H](O)CCc2ccccc2)[C@H](O)C[C@@H]1O)CC(Cc1cc(I)c(Oc2cc(I)c(O)c(I)c2)c(I)c1)C(=O)O. The highest BCUT2D eigenvalue weighted by molar-refractivity contribution is 14.1. The summed E-state index contributed by atoms with van der Waals surface area (Å²) in [6.07, 6.45) is 9.43. The average molecular weight is 1150 g/mol. The number of rotatable bonds is 18. The molecule has 0 aliphatic heterocycles. The maximum absolute atomic E-state index is 12.8. The van der Waals surface area contributed by atoms with Crippen molar-refractivity contribution in [1.29, 1.82) is 0 Å². The lowest BCUT2D eigenvalue weighted by atomic mass is 9.89. The fourth-order valence-electron chi connectivity index (χ4n) is 6.26. The molecule has 6 atom stereocenters. The van der Waals surface area contributed by atoms with Crippen molar-refractivity contribution in [3.8, 4) is 17.2 Å². The number of ether oxygens (including phenoxy) is 1. The Morgan fingerprint density at radius 1 is 0.902 bits per heavy atom. The van der Waals surface area contributed by atoms with Gasteiger partial charge in [-0.25, -0.2) is 0 Å². The molecular formula is C39H42I4O8. The zero-order valence-electron chi connectivity index (χ0n) is 27.8. The van der Waals surface area contributed by atoms with Crippen molar-refractivity contribution in [2.75, 3.05) is 0 Å². The highest BCUT2D eigenvalue weighted by atomic mass is 127. The summed E-state index contributed by atoms with van der Waals surface area (Å²) in [5.74, 6) is -0.926. The number of benzene rings is 3. The third kappa shape index (κ3) is 13.2. The molecule has 0 amide bonds. The number of phenols is 1.